The second kappa shape index (κ2) is 6.30. The van der Waals surface area contributed by atoms with Gasteiger partial charge in [0.05, 0.1) is 6.54 Å². The van der Waals surface area contributed by atoms with Gasteiger partial charge in [0.25, 0.3) is 0 Å². The lowest BCUT2D eigenvalue weighted by atomic mass is 10.3. The second-order valence-corrected chi connectivity index (χ2v) is 4.93. The predicted molar refractivity (Wildman–Crippen MR) is 61.7 cm³/mol. The molecule has 1 heterocycles. The summed E-state index contributed by atoms with van der Waals surface area (Å²) in [6.07, 6.45) is 1.16. The third-order valence-electron chi connectivity index (χ3n) is 2.47. The van der Waals surface area contributed by atoms with Gasteiger partial charge in [0.1, 0.15) is 0 Å². The molecule has 1 fully saturated rings. The standard InChI is InChI=1S/C10H20N2OS/c1-3-9-8-12(5-6-14-9)10(13)7-11-4-2/h9,11H,3-8H2,1-2H3. The number of nitrogens with zero attached hydrogens (tertiary/aromatic N) is 1. The van der Waals surface area contributed by atoms with Gasteiger partial charge in [0, 0.05) is 24.1 Å². The normalized spacial score (nSPS) is 22.4. The molecule has 0 spiro atoms. The quantitative estimate of drug-likeness (QED) is 0.759. The molecule has 1 aliphatic heterocycles. The van der Waals surface area contributed by atoms with Crippen molar-refractivity contribution in [2.24, 2.45) is 0 Å². The smallest absolute Gasteiger partial charge is 0.236 e. The van der Waals surface area contributed by atoms with E-state index in [1.165, 1.54) is 0 Å². The predicted octanol–water partition coefficient (Wildman–Crippen LogP) is 0.950. The third kappa shape index (κ3) is 3.50. The number of carbonyl (C=O) groups is 1. The Morgan fingerprint density at radius 3 is 3.00 bits per heavy atom. The molecule has 1 saturated heterocycles. The second-order valence-electron chi connectivity index (χ2n) is 3.52. The Kier molecular flexibility index (Phi) is 5.33. The van der Waals surface area contributed by atoms with Gasteiger partial charge in [-0.05, 0) is 13.0 Å². The fraction of sp³-hybridized carbons (Fsp3) is 0.900. The van der Waals surface area contributed by atoms with Gasteiger partial charge in [-0.2, -0.15) is 11.8 Å². The highest BCUT2D eigenvalue weighted by molar-refractivity contribution is 8.00. The lowest BCUT2D eigenvalue weighted by Crippen LogP contribution is -2.45. The van der Waals surface area contributed by atoms with Crippen LogP contribution in [0.25, 0.3) is 0 Å². The van der Waals surface area contributed by atoms with Crippen molar-refractivity contribution in [3.05, 3.63) is 0 Å². The SMILES string of the molecule is CCNCC(=O)N1CCSC(CC)C1. The van der Waals surface area contributed by atoms with Crippen molar-refractivity contribution < 1.29 is 4.79 Å². The molecule has 0 saturated carbocycles. The number of thioether (sulfide) groups is 1. The number of rotatable bonds is 4. The maximum Gasteiger partial charge on any atom is 0.236 e. The van der Waals surface area contributed by atoms with Crippen LogP contribution in [0.1, 0.15) is 20.3 Å². The highest BCUT2D eigenvalue weighted by Crippen LogP contribution is 2.20. The highest BCUT2D eigenvalue weighted by Gasteiger charge is 2.22. The lowest BCUT2D eigenvalue weighted by molar-refractivity contribution is -0.130. The van der Waals surface area contributed by atoms with Crippen molar-refractivity contribution in [2.75, 3.05) is 31.9 Å². The van der Waals surface area contributed by atoms with Crippen LogP contribution in [-0.4, -0.2) is 48.0 Å². The molecule has 82 valence electrons. The summed E-state index contributed by atoms with van der Waals surface area (Å²) in [7, 11) is 0. The zero-order valence-electron chi connectivity index (χ0n) is 9.08. The summed E-state index contributed by atoms with van der Waals surface area (Å²) < 4.78 is 0. The van der Waals surface area contributed by atoms with Crippen LogP contribution in [0.4, 0.5) is 0 Å². The molecular formula is C10H20N2OS. The third-order valence-corrected chi connectivity index (χ3v) is 3.85. The number of likely N-dealkylation sites (N-methyl/N-ethyl adjacent to an activating group) is 1. The van der Waals surface area contributed by atoms with Gasteiger partial charge >= 0.3 is 0 Å². The van der Waals surface area contributed by atoms with E-state index in [1.54, 1.807) is 0 Å². The molecule has 1 rings (SSSR count). The first-order valence-electron chi connectivity index (χ1n) is 5.38. The maximum atomic E-state index is 11.7. The van der Waals surface area contributed by atoms with Crippen molar-refractivity contribution in [1.29, 1.82) is 0 Å². The fourth-order valence-electron chi connectivity index (χ4n) is 1.54. The molecule has 1 aliphatic rings. The minimum atomic E-state index is 0.255. The average molecular weight is 216 g/mol. The monoisotopic (exact) mass is 216 g/mol. The van der Waals surface area contributed by atoms with E-state index in [-0.39, 0.29) is 5.91 Å². The van der Waals surface area contributed by atoms with Crippen LogP contribution in [0.5, 0.6) is 0 Å². The highest BCUT2D eigenvalue weighted by atomic mass is 32.2. The van der Waals surface area contributed by atoms with Crippen LogP contribution in [0.2, 0.25) is 0 Å². The summed E-state index contributed by atoms with van der Waals surface area (Å²) in [4.78, 5) is 13.7. The van der Waals surface area contributed by atoms with Gasteiger partial charge in [0.15, 0.2) is 0 Å². The van der Waals surface area contributed by atoms with E-state index in [9.17, 15) is 4.79 Å². The summed E-state index contributed by atoms with van der Waals surface area (Å²) in [5.74, 6) is 1.35. The van der Waals surface area contributed by atoms with Gasteiger partial charge in [-0.25, -0.2) is 0 Å². The summed E-state index contributed by atoms with van der Waals surface area (Å²) >= 11 is 1.99. The molecule has 0 aromatic carbocycles. The molecule has 14 heavy (non-hydrogen) atoms. The van der Waals surface area contributed by atoms with E-state index >= 15 is 0 Å². The molecule has 1 N–H and O–H groups in total. The molecule has 0 bridgehead atoms. The van der Waals surface area contributed by atoms with Crippen LogP contribution >= 0.6 is 11.8 Å². The minimum Gasteiger partial charge on any atom is -0.340 e. The Labute approximate surface area is 90.6 Å². The minimum absolute atomic E-state index is 0.255. The fourth-order valence-corrected chi connectivity index (χ4v) is 2.72. The van der Waals surface area contributed by atoms with Crippen molar-refractivity contribution in [2.45, 2.75) is 25.5 Å². The van der Waals surface area contributed by atoms with Crippen molar-refractivity contribution in [1.82, 2.24) is 10.2 Å². The topological polar surface area (TPSA) is 32.3 Å². The van der Waals surface area contributed by atoms with Gasteiger partial charge in [-0.15, -0.1) is 0 Å². The molecule has 0 aliphatic carbocycles. The van der Waals surface area contributed by atoms with Crippen LogP contribution in [0, 0.1) is 0 Å². The van der Waals surface area contributed by atoms with Gasteiger partial charge in [0.2, 0.25) is 5.91 Å². The van der Waals surface area contributed by atoms with E-state index in [0.717, 1.165) is 31.8 Å². The Bertz CT molecular complexity index is 187. The van der Waals surface area contributed by atoms with E-state index in [2.05, 4.69) is 12.2 Å². The Balaban J connectivity index is 2.31. The van der Waals surface area contributed by atoms with Crippen molar-refractivity contribution >= 4 is 17.7 Å². The number of hydrogen-bond donors (Lipinski definition) is 1. The summed E-state index contributed by atoms with van der Waals surface area (Å²) in [6, 6.07) is 0. The molecule has 3 nitrogen and oxygen atoms in total. The van der Waals surface area contributed by atoms with Crippen LogP contribution in [-0.2, 0) is 4.79 Å². The largest absolute Gasteiger partial charge is 0.340 e. The van der Waals surface area contributed by atoms with E-state index in [0.29, 0.717) is 11.8 Å². The first kappa shape index (κ1) is 11.9. The van der Waals surface area contributed by atoms with Crippen molar-refractivity contribution in [3.8, 4) is 0 Å². The zero-order valence-corrected chi connectivity index (χ0v) is 9.90. The number of amides is 1. The van der Waals surface area contributed by atoms with Gasteiger partial charge in [-0.3, -0.25) is 4.79 Å². The van der Waals surface area contributed by atoms with Crippen LogP contribution in [0.3, 0.4) is 0 Å². The summed E-state index contributed by atoms with van der Waals surface area (Å²) in [5, 5.41) is 3.73. The van der Waals surface area contributed by atoms with E-state index < -0.39 is 0 Å². The van der Waals surface area contributed by atoms with Gasteiger partial charge < -0.3 is 10.2 Å². The maximum absolute atomic E-state index is 11.7. The van der Waals surface area contributed by atoms with E-state index in [1.807, 2.05) is 23.6 Å². The molecule has 1 atom stereocenters. The number of hydrogen-bond acceptors (Lipinski definition) is 3. The molecular weight excluding hydrogens is 196 g/mol. The average Bonchev–Trinajstić information content (AvgIpc) is 2.26. The molecule has 4 heteroatoms. The first-order chi connectivity index (χ1) is 6.77. The molecule has 0 radical (unpaired) electrons. The Morgan fingerprint density at radius 1 is 1.57 bits per heavy atom. The molecule has 1 amide bonds. The molecule has 1 unspecified atom stereocenters. The summed E-state index contributed by atoms with van der Waals surface area (Å²) in [5.41, 5.74) is 0. The molecule has 0 aromatic heterocycles. The number of nitrogens with one attached hydrogen (secondary N) is 1. The Morgan fingerprint density at radius 2 is 2.36 bits per heavy atom. The number of carbonyl (C=O) groups excluding carboxylic acids is 1. The van der Waals surface area contributed by atoms with Crippen LogP contribution in [0.15, 0.2) is 0 Å². The van der Waals surface area contributed by atoms with Gasteiger partial charge in [-0.1, -0.05) is 13.8 Å². The van der Waals surface area contributed by atoms with Crippen LogP contribution < -0.4 is 5.32 Å². The Hall–Kier alpha value is -0.220. The summed E-state index contributed by atoms with van der Waals surface area (Å²) in [6.45, 7) is 7.43. The molecule has 0 aromatic rings. The van der Waals surface area contributed by atoms with E-state index in [4.69, 9.17) is 0 Å². The first-order valence-corrected chi connectivity index (χ1v) is 6.42. The zero-order chi connectivity index (χ0) is 10.4. The van der Waals surface area contributed by atoms with Crippen molar-refractivity contribution in [3.63, 3.8) is 0 Å². The lowest BCUT2D eigenvalue weighted by Gasteiger charge is -2.32.